The number of thiophene rings is 1. The molecule has 2 aromatic rings. The number of rotatable bonds is 0. The third kappa shape index (κ3) is 1.18. The van der Waals surface area contributed by atoms with E-state index in [-0.39, 0.29) is 10.3 Å². The summed E-state index contributed by atoms with van der Waals surface area (Å²) in [5.41, 5.74) is 1.93. The lowest BCUT2D eigenvalue weighted by atomic mass is 10.3. The van der Waals surface area contributed by atoms with Gasteiger partial charge in [-0.25, -0.2) is 9.97 Å². The number of nitrogens with zero attached hydrogens (tertiary/aromatic N) is 2. The highest BCUT2D eigenvalue weighted by molar-refractivity contribution is 7.16. The molecule has 0 saturated heterocycles. The van der Waals surface area contributed by atoms with E-state index in [1.807, 2.05) is 12.3 Å². The molecule has 0 aliphatic carbocycles. The highest BCUT2D eigenvalue weighted by Crippen LogP contribution is 2.26. The van der Waals surface area contributed by atoms with Gasteiger partial charge in [-0.1, -0.05) is 23.2 Å². The average molecular weight is 219 g/mol. The first kappa shape index (κ1) is 8.23. The van der Waals surface area contributed by atoms with Crippen LogP contribution in [-0.4, -0.2) is 9.97 Å². The van der Waals surface area contributed by atoms with E-state index in [1.165, 1.54) is 11.3 Å². The second-order valence-electron chi connectivity index (χ2n) is 2.38. The molecule has 62 valence electrons. The quantitative estimate of drug-likeness (QED) is 0.679. The number of hydrogen-bond donors (Lipinski definition) is 0. The van der Waals surface area contributed by atoms with Crippen LogP contribution in [0.4, 0.5) is 0 Å². The Morgan fingerprint density at radius 2 is 1.92 bits per heavy atom. The normalized spacial score (nSPS) is 10.9. The SMILES string of the molecule is Cc1csc2nc(Cl)c(Cl)nc12. The van der Waals surface area contributed by atoms with Crippen molar-refractivity contribution in [3.8, 4) is 0 Å². The summed E-state index contributed by atoms with van der Waals surface area (Å²) in [6, 6.07) is 0. The van der Waals surface area contributed by atoms with Crippen LogP contribution in [0.1, 0.15) is 5.56 Å². The van der Waals surface area contributed by atoms with Crippen molar-refractivity contribution in [2.75, 3.05) is 0 Å². The van der Waals surface area contributed by atoms with Gasteiger partial charge < -0.3 is 0 Å². The number of halogens is 2. The van der Waals surface area contributed by atoms with Gasteiger partial charge in [0.25, 0.3) is 0 Å². The molecule has 2 heterocycles. The van der Waals surface area contributed by atoms with E-state index in [2.05, 4.69) is 9.97 Å². The van der Waals surface area contributed by atoms with E-state index in [0.717, 1.165) is 15.9 Å². The summed E-state index contributed by atoms with van der Waals surface area (Å²) in [7, 11) is 0. The van der Waals surface area contributed by atoms with Crippen molar-refractivity contribution in [1.82, 2.24) is 9.97 Å². The van der Waals surface area contributed by atoms with E-state index in [4.69, 9.17) is 23.2 Å². The predicted octanol–water partition coefficient (Wildman–Crippen LogP) is 3.31. The molecule has 0 unspecified atom stereocenters. The molecule has 0 aliphatic rings. The molecule has 0 amide bonds. The molecule has 5 heteroatoms. The number of hydrogen-bond acceptors (Lipinski definition) is 3. The molecule has 2 aromatic heterocycles. The van der Waals surface area contributed by atoms with Crippen LogP contribution in [0, 0.1) is 6.92 Å². The number of aromatic nitrogens is 2. The predicted molar refractivity (Wildman–Crippen MR) is 52.2 cm³/mol. The first-order chi connectivity index (χ1) is 5.68. The molecule has 0 aliphatic heterocycles. The second kappa shape index (κ2) is 2.83. The molecule has 12 heavy (non-hydrogen) atoms. The van der Waals surface area contributed by atoms with Gasteiger partial charge in [0.15, 0.2) is 10.3 Å². The summed E-state index contributed by atoms with van der Waals surface area (Å²) < 4.78 is 0. The van der Waals surface area contributed by atoms with Crippen LogP contribution in [0.2, 0.25) is 10.3 Å². The second-order valence-corrected chi connectivity index (χ2v) is 3.95. The zero-order chi connectivity index (χ0) is 8.72. The van der Waals surface area contributed by atoms with Crippen molar-refractivity contribution in [3.63, 3.8) is 0 Å². The molecule has 2 rings (SSSR count). The maximum atomic E-state index is 5.72. The number of aryl methyl sites for hydroxylation is 1. The average Bonchev–Trinajstić information content (AvgIpc) is 2.35. The van der Waals surface area contributed by atoms with Gasteiger partial charge in [-0.15, -0.1) is 11.3 Å². The lowest BCUT2D eigenvalue weighted by Gasteiger charge is -1.93. The van der Waals surface area contributed by atoms with E-state index in [9.17, 15) is 0 Å². The molecule has 0 fully saturated rings. The van der Waals surface area contributed by atoms with Gasteiger partial charge in [-0.05, 0) is 17.9 Å². The Morgan fingerprint density at radius 3 is 2.67 bits per heavy atom. The molecule has 0 spiro atoms. The lowest BCUT2D eigenvalue weighted by Crippen LogP contribution is -1.83. The van der Waals surface area contributed by atoms with Gasteiger partial charge in [0, 0.05) is 0 Å². The summed E-state index contributed by atoms with van der Waals surface area (Å²) in [6.07, 6.45) is 0. The fourth-order valence-corrected chi connectivity index (χ4v) is 2.09. The van der Waals surface area contributed by atoms with Crippen molar-refractivity contribution >= 4 is 44.9 Å². The summed E-state index contributed by atoms with van der Waals surface area (Å²) in [4.78, 5) is 9.04. The Balaban J connectivity index is 2.87. The Hall–Kier alpha value is -0.380. The Morgan fingerprint density at radius 1 is 1.25 bits per heavy atom. The first-order valence-corrected chi connectivity index (χ1v) is 4.89. The highest BCUT2D eigenvalue weighted by atomic mass is 35.5. The maximum absolute atomic E-state index is 5.72. The van der Waals surface area contributed by atoms with Gasteiger partial charge in [0.2, 0.25) is 0 Å². The largest absolute Gasteiger partial charge is 0.230 e. The van der Waals surface area contributed by atoms with Crippen LogP contribution in [0.25, 0.3) is 10.3 Å². The van der Waals surface area contributed by atoms with Crippen LogP contribution in [0.5, 0.6) is 0 Å². The van der Waals surface area contributed by atoms with E-state index in [1.54, 1.807) is 0 Å². The molecule has 2 nitrogen and oxygen atoms in total. The minimum atomic E-state index is 0.269. The Bertz CT molecular complexity index is 438. The van der Waals surface area contributed by atoms with Gasteiger partial charge in [-0.3, -0.25) is 0 Å². The third-order valence-corrected chi connectivity index (χ3v) is 3.11. The third-order valence-electron chi connectivity index (χ3n) is 1.50. The zero-order valence-corrected chi connectivity index (χ0v) is 8.46. The zero-order valence-electron chi connectivity index (χ0n) is 6.14. The molecule has 0 saturated carbocycles. The molecular formula is C7H4Cl2N2S. The smallest absolute Gasteiger partial charge is 0.168 e. The fourth-order valence-electron chi connectivity index (χ4n) is 0.919. The summed E-state index contributed by atoms with van der Waals surface area (Å²) in [5.74, 6) is 0. The fraction of sp³-hybridized carbons (Fsp3) is 0.143. The molecule has 0 bridgehead atoms. The van der Waals surface area contributed by atoms with Crippen molar-refractivity contribution < 1.29 is 0 Å². The summed E-state index contributed by atoms with van der Waals surface area (Å²) in [5, 5.41) is 2.52. The van der Waals surface area contributed by atoms with Crippen LogP contribution in [-0.2, 0) is 0 Å². The molecular weight excluding hydrogens is 215 g/mol. The van der Waals surface area contributed by atoms with Crippen molar-refractivity contribution in [2.45, 2.75) is 6.92 Å². The Kier molecular flexibility index (Phi) is 1.94. The topological polar surface area (TPSA) is 25.8 Å². The standard InChI is InChI=1S/C7H4Cl2N2S/c1-3-2-12-7-4(3)10-5(8)6(9)11-7/h2H,1H3. The molecule has 0 aromatic carbocycles. The van der Waals surface area contributed by atoms with Gasteiger partial charge in [0.1, 0.15) is 10.3 Å². The monoisotopic (exact) mass is 218 g/mol. The maximum Gasteiger partial charge on any atom is 0.168 e. The van der Waals surface area contributed by atoms with Crippen molar-refractivity contribution in [1.29, 1.82) is 0 Å². The highest BCUT2D eigenvalue weighted by Gasteiger charge is 2.07. The van der Waals surface area contributed by atoms with Crippen LogP contribution in [0.3, 0.4) is 0 Å². The van der Waals surface area contributed by atoms with Gasteiger partial charge in [0.05, 0.1) is 0 Å². The van der Waals surface area contributed by atoms with Crippen molar-refractivity contribution in [3.05, 3.63) is 21.2 Å². The van der Waals surface area contributed by atoms with E-state index >= 15 is 0 Å². The minimum Gasteiger partial charge on any atom is -0.230 e. The molecule has 0 atom stereocenters. The molecule has 0 N–H and O–H groups in total. The van der Waals surface area contributed by atoms with E-state index in [0.29, 0.717) is 0 Å². The van der Waals surface area contributed by atoms with Crippen molar-refractivity contribution in [2.24, 2.45) is 0 Å². The van der Waals surface area contributed by atoms with E-state index < -0.39 is 0 Å². The minimum absolute atomic E-state index is 0.269. The van der Waals surface area contributed by atoms with Gasteiger partial charge in [-0.2, -0.15) is 0 Å². The summed E-state index contributed by atoms with van der Waals surface area (Å²) in [6.45, 7) is 1.97. The van der Waals surface area contributed by atoms with Crippen LogP contribution in [0.15, 0.2) is 5.38 Å². The van der Waals surface area contributed by atoms with Crippen LogP contribution < -0.4 is 0 Å². The van der Waals surface area contributed by atoms with Gasteiger partial charge >= 0.3 is 0 Å². The first-order valence-electron chi connectivity index (χ1n) is 3.25. The number of fused-ring (bicyclic) bond motifs is 1. The summed E-state index contributed by atoms with van der Waals surface area (Å²) >= 11 is 12.9. The lowest BCUT2D eigenvalue weighted by molar-refractivity contribution is 1.30. The Labute approximate surface area is 83.2 Å². The molecule has 0 radical (unpaired) electrons. The van der Waals surface area contributed by atoms with Crippen LogP contribution >= 0.6 is 34.5 Å².